The number of rotatable bonds is 7. The highest BCUT2D eigenvalue weighted by molar-refractivity contribution is 5.71. The Hall–Kier alpha value is -1.71. The number of carboxylic acids is 1. The molecule has 1 atom stereocenters. The quantitative estimate of drug-likeness (QED) is 0.823. The van der Waals surface area contributed by atoms with Crippen molar-refractivity contribution in [2.24, 2.45) is 5.92 Å². The normalized spacial score (nSPS) is 12.0. The van der Waals surface area contributed by atoms with Crippen molar-refractivity contribution in [2.75, 3.05) is 25.6 Å². The van der Waals surface area contributed by atoms with Crippen LogP contribution in [0, 0.1) is 5.92 Å². The minimum Gasteiger partial charge on any atom is -0.495 e. The number of methoxy groups -OCH3 is 1. The van der Waals surface area contributed by atoms with Crippen LogP contribution >= 0.6 is 0 Å². The summed E-state index contributed by atoms with van der Waals surface area (Å²) in [4.78, 5) is 13.1. The van der Waals surface area contributed by atoms with E-state index in [-0.39, 0.29) is 5.92 Å². The van der Waals surface area contributed by atoms with Gasteiger partial charge in [-0.1, -0.05) is 19.9 Å². The van der Waals surface area contributed by atoms with Crippen LogP contribution in [0.3, 0.4) is 0 Å². The molecule has 1 unspecified atom stereocenters. The number of aryl methyl sites for hydroxylation is 1. The van der Waals surface area contributed by atoms with E-state index >= 15 is 0 Å². The zero-order chi connectivity index (χ0) is 14.4. The lowest BCUT2D eigenvalue weighted by molar-refractivity contribution is -0.141. The smallest absolute Gasteiger partial charge is 0.308 e. The van der Waals surface area contributed by atoms with Gasteiger partial charge < -0.3 is 14.7 Å². The summed E-state index contributed by atoms with van der Waals surface area (Å²) in [5, 5.41) is 9.14. The van der Waals surface area contributed by atoms with Crippen LogP contribution in [-0.4, -0.2) is 31.8 Å². The number of carboxylic acid groups (broad SMARTS) is 1. The Bertz CT molecular complexity index is 431. The summed E-state index contributed by atoms with van der Waals surface area (Å²) in [7, 11) is 3.54. The van der Waals surface area contributed by atoms with Gasteiger partial charge >= 0.3 is 5.97 Å². The molecule has 0 aliphatic heterocycles. The van der Waals surface area contributed by atoms with Crippen LogP contribution in [0.15, 0.2) is 18.2 Å². The molecule has 19 heavy (non-hydrogen) atoms. The van der Waals surface area contributed by atoms with Gasteiger partial charge in [0.2, 0.25) is 0 Å². The van der Waals surface area contributed by atoms with Gasteiger partial charge in [-0.2, -0.15) is 0 Å². The van der Waals surface area contributed by atoms with E-state index in [0.29, 0.717) is 13.0 Å². The summed E-state index contributed by atoms with van der Waals surface area (Å²) >= 11 is 0. The SMILES string of the molecule is CCc1ccc(OC)c(N(C)CC(CC)C(=O)O)c1. The third kappa shape index (κ3) is 3.88. The molecule has 1 rings (SSSR count). The fraction of sp³-hybridized carbons (Fsp3) is 0.533. The highest BCUT2D eigenvalue weighted by atomic mass is 16.5. The van der Waals surface area contributed by atoms with Crippen molar-refractivity contribution in [3.05, 3.63) is 23.8 Å². The second-order valence-electron chi connectivity index (χ2n) is 4.68. The van der Waals surface area contributed by atoms with E-state index < -0.39 is 5.97 Å². The molecule has 0 fully saturated rings. The first-order chi connectivity index (χ1) is 9.03. The van der Waals surface area contributed by atoms with Crippen LogP contribution in [0.5, 0.6) is 5.75 Å². The molecule has 0 radical (unpaired) electrons. The third-order valence-corrected chi connectivity index (χ3v) is 3.40. The number of nitrogens with zero attached hydrogens (tertiary/aromatic N) is 1. The van der Waals surface area contributed by atoms with Gasteiger partial charge in [-0.25, -0.2) is 0 Å². The monoisotopic (exact) mass is 265 g/mol. The summed E-state index contributed by atoms with van der Waals surface area (Å²) in [5.41, 5.74) is 2.16. The van der Waals surface area contributed by atoms with E-state index in [1.54, 1.807) is 7.11 Å². The number of hydrogen-bond donors (Lipinski definition) is 1. The Morgan fingerprint density at radius 3 is 2.58 bits per heavy atom. The maximum absolute atomic E-state index is 11.1. The largest absolute Gasteiger partial charge is 0.495 e. The fourth-order valence-corrected chi connectivity index (χ4v) is 2.06. The molecule has 4 nitrogen and oxygen atoms in total. The van der Waals surface area contributed by atoms with Crippen molar-refractivity contribution in [1.29, 1.82) is 0 Å². The third-order valence-electron chi connectivity index (χ3n) is 3.40. The molecule has 1 N–H and O–H groups in total. The maximum Gasteiger partial charge on any atom is 0.308 e. The van der Waals surface area contributed by atoms with Gasteiger partial charge in [0, 0.05) is 13.6 Å². The molecule has 0 aromatic heterocycles. The van der Waals surface area contributed by atoms with Crippen molar-refractivity contribution in [1.82, 2.24) is 0 Å². The zero-order valence-corrected chi connectivity index (χ0v) is 12.1. The van der Waals surface area contributed by atoms with Crippen molar-refractivity contribution in [3.8, 4) is 5.75 Å². The van der Waals surface area contributed by atoms with E-state index in [0.717, 1.165) is 17.9 Å². The Morgan fingerprint density at radius 1 is 1.42 bits per heavy atom. The summed E-state index contributed by atoms with van der Waals surface area (Å²) in [6, 6.07) is 6.03. The van der Waals surface area contributed by atoms with E-state index in [1.807, 2.05) is 31.0 Å². The van der Waals surface area contributed by atoms with Crippen molar-refractivity contribution < 1.29 is 14.6 Å². The number of ether oxygens (including phenoxy) is 1. The second kappa shape index (κ2) is 7.02. The molecule has 0 aliphatic carbocycles. The molecule has 1 aromatic carbocycles. The number of hydrogen-bond acceptors (Lipinski definition) is 3. The van der Waals surface area contributed by atoms with Crippen LogP contribution in [-0.2, 0) is 11.2 Å². The second-order valence-corrected chi connectivity index (χ2v) is 4.68. The van der Waals surface area contributed by atoms with Gasteiger partial charge in [0.15, 0.2) is 0 Å². The first kappa shape index (κ1) is 15.3. The summed E-state index contributed by atoms with van der Waals surface area (Å²) in [6.45, 7) is 4.47. The Labute approximate surface area is 115 Å². The molecule has 1 aromatic rings. The minimum atomic E-state index is -0.750. The summed E-state index contributed by atoms with van der Waals surface area (Å²) in [6.07, 6.45) is 1.57. The van der Waals surface area contributed by atoms with Crippen molar-refractivity contribution in [3.63, 3.8) is 0 Å². The van der Waals surface area contributed by atoms with Gasteiger partial charge in [-0.15, -0.1) is 0 Å². The van der Waals surface area contributed by atoms with Crippen molar-refractivity contribution >= 4 is 11.7 Å². The van der Waals surface area contributed by atoms with Gasteiger partial charge in [0.05, 0.1) is 18.7 Å². The summed E-state index contributed by atoms with van der Waals surface area (Å²) in [5.74, 6) is -0.333. The molecular formula is C15H23NO3. The highest BCUT2D eigenvalue weighted by Gasteiger charge is 2.19. The maximum atomic E-state index is 11.1. The van der Waals surface area contributed by atoms with Crippen LogP contribution in [0.4, 0.5) is 5.69 Å². The topological polar surface area (TPSA) is 49.8 Å². The standard InChI is InChI=1S/C15H23NO3/c1-5-11-7-8-14(19-4)13(9-11)16(3)10-12(6-2)15(17)18/h7-9,12H,5-6,10H2,1-4H3,(H,17,18). The summed E-state index contributed by atoms with van der Waals surface area (Å²) < 4.78 is 5.35. The van der Waals surface area contributed by atoms with E-state index in [1.165, 1.54) is 5.56 Å². The molecule has 0 heterocycles. The zero-order valence-electron chi connectivity index (χ0n) is 12.1. The predicted octanol–water partition coefficient (Wildman–Crippen LogP) is 2.80. The van der Waals surface area contributed by atoms with Crippen LogP contribution in [0.2, 0.25) is 0 Å². The van der Waals surface area contributed by atoms with Crippen molar-refractivity contribution in [2.45, 2.75) is 26.7 Å². The highest BCUT2D eigenvalue weighted by Crippen LogP contribution is 2.29. The van der Waals surface area contributed by atoms with Crippen LogP contribution in [0.1, 0.15) is 25.8 Å². The van der Waals surface area contributed by atoms with E-state index in [9.17, 15) is 4.79 Å². The number of anilines is 1. The Balaban J connectivity index is 2.96. The van der Waals surface area contributed by atoms with E-state index in [4.69, 9.17) is 9.84 Å². The molecule has 0 amide bonds. The molecule has 4 heteroatoms. The lowest BCUT2D eigenvalue weighted by Gasteiger charge is -2.25. The lowest BCUT2D eigenvalue weighted by atomic mass is 10.1. The van der Waals surface area contributed by atoms with Gasteiger partial charge in [-0.05, 0) is 30.5 Å². The van der Waals surface area contributed by atoms with Crippen LogP contribution in [0.25, 0.3) is 0 Å². The molecule has 0 saturated carbocycles. The van der Waals surface area contributed by atoms with Crippen LogP contribution < -0.4 is 9.64 Å². The molecule has 0 saturated heterocycles. The molecule has 106 valence electrons. The van der Waals surface area contributed by atoms with Gasteiger partial charge in [0.1, 0.15) is 5.75 Å². The van der Waals surface area contributed by atoms with Gasteiger partial charge in [-0.3, -0.25) is 4.79 Å². The van der Waals surface area contributed by atoms with Gasteiger partial charge in [0.25, 0.3) is 0 Å². The average Bonchev–Trinajstić information content (AvgIpc) is 2.43. The Morgan fingerprint density at radius 2 is 2.11 bits per heavy atom. The minimum absolute atomic E-state index is 0.361. The molecule has 0 aliphatic rings. The predicted molar refractivity (Wildman–Crippen MR) is 77.1 cm³/mol. The number of aliphatic carboxylic acids is 1. The first-order valence-electron chi connectivity index (χ1n) is 6.64. The average molecular weight is 265 g/mol. The lowest BCUT2D eigenvalue weighted by Crippen LogP contribution is -2.30. The molecule has 0 bridgehead atoms. The Kier molecular flexibility index (Phi) is 5.67. The molecular weight excluding hydrogens is 242 g/mol. The first-order valence-corrected chi connectivity index (χ1v) is 6.64. The molecule has 0 spiro atoms. The number of benzene rings is 1. The number of carbonyl (C=O) groups is 1. The van der Waals surface area contributed by atoms with E-state index in [2.05, 4.69) is 13.0 Å². The fourth-order valence-electron chi connectivity index (χ4n) is 2.06.